The topological polar surface area (TPSA) is 43.1 Å². The summed E-state index contributed by atoms with van der Waals surface area (Å²) >= 11 is 0. The molecule has 1 fully saturated rings. The van der Waals surface area contributed by atoms with E-state index in [1.54, 1.807) is 0 Å². The Kier molecular flexibility index (Phi) is 4.68. The molecule has 1 saturated carbocycles. The SMILES string of the molecule is CC1CCC(CN)C(S(=O)c2cc(F)ccc2F)C1. The average molecular weight is 287 g/mol. The van der Waals surface area contributed by atoms with Crippen LogP contribution in [0.1, 0.15) is 26.2 Å². The highest BCUT2D eigenvalue weighted by atomic mass is 32.2. The maximum atomic E-state index is 13.7. The smallest absolute Gasteiger partial charge is 0.139 e. The first kappa shape index (κ1) is 14.6. The van der Waals surface area contributed by atoms with Crippen molar-refractivity contribution in [3.63, 3.8) is 0 Å². The van der Waals surface area contributed by atoms with Gasteiger partial charge in [0.2, 0.25) is 0 Å². The van der Waals surface area contributed by atoms with Gasteiger partial charge in [0.15, 0.2) is 0 Å². The van der Waals surface area contributed by atoms with Crippen LogP contribution in [0.4, 0.5) is 8.78 Å². The third-order valence-electron chi connectivity index (χ3n) is 3.88. The van der Waals surface area contributed by atoms with E-state index in [0.29, 0.717) is 12.5 Å². The molecule has 0 aromatic heterocycles. The first-order valence-electron chi connectivity index (χ1n) is 6.58. The molecule has 0 radical (unpaired) electrons. The van der Waals surface area contributed by atoms with E-state index in [0.717, 1.165) is 37.5 Å². The molecule has 1 aromatic carbocycles. The molecule has 0 aliphatic heterocycles. The lowest BCUT2D eigenvalue weighted by Gasteiger charge is -2.33. The molecule has 0 spiro atoms. The molecule has 0 saturated heterocycles. The summed E-state index contributed by atoms with van der Waals surface area (Å²) in [6, 6.07) is 3.12. The summed E-state index contributed by atoms with van der Waals surface area (Å²) in [5.41, 5.74) is 5.72. The zero-order chi connectivity index (χ0) is 14.0. The number of halogens is 2. The lowest BCUT2D eigenvalue weighted by Crippen LogP contribution is -2.37. The van der Waals surface area contributed by atoms with Gasteiger partial charge in [-0.1, -0.05) is 13.3 Å². The van der Waals surface area contributed by atoms with Gasteiger partial charge in [-0.05, 0) is 49.4 Å². The molecule has 4 unspecified atom stereocenters. The molecule has 1 aliphatic carbocycles. The molecule has 2 nitrogen and oxygen atoms in total. The second-order valence-electron chi connectivity index (χ2n) is 5.32. The van der Waals surface area contributed by atoms with Crippen molar-refractivity contribution in [3.05, 3.63) is 29.8 Å². The molecule has 2 N–H and O–H groups in total. The Bertz CT molecular complexity index is 481. The zero-order valence-corrected chi connectivity index (χ0v) is 11.8. The van der Waals surface area contributed by atoms with E-state index in [4.69, 9.17) is 5.73 Å². The van der Waals surface area contributed by atoms with Gasteiger partial charge in [-0.25, -0.2) is 8.78 Å². The van der Waals surface area contributed by atoms with E-state index < -0.39 is 22.4 Å². The molecule has 2 rings (SSSR count). The van der Waals surface area contributed by atoms with E-state index >= 15 is 0 Å². The largest absolute Gasteiger partial charge is 0.330 e. The Morgan fingerprint density at radius 2 is 2.11 bits per heavy atom. The quantitative estimate of drug-likeness (QED) is 0.929. The molecule has 0 heterocycles. The van der Waals surface area contributed by atoms with E-state index in [1.807, 2.05) is 0 Å². The van der Waals surface area contributed by atoms with Crippen molar-refractivity contribution in [1.29, 1.82) is 0 Å². The summed E-state index contributed by atoms with van der Waals surface area (Å²) in [4.78, 5) is -0.0300. The van der Waals surface area contributed by atoms with Crippen molar-refractivity contribution < 1.29 is 13.0 Å². The molecular weight excluding hydrogens is 268 g/mol. The summed E-state index contributed by atoms with van der Waals surface area (Å²) in [5.74, 6) is -0.584. The number of hydrogen-bond acceptors (Lipinski definition) is 2. The van der Waals surface area contributed by atoms with Gasteiger partial charge >= 0.3 is 0 Å². The Labute approximate surface area is 114 Å². The molecule has 0 amide bonds. The molecule has 5 heteroatoms. The Morgan fingerprint density at radius 1 is 1.37 bits per heavy atom. The van der Waals surface area contributed by atoms with Crippen LogP contribution in [-0.2, 0) is 10.8 Å². The minimum atomic E-state index is -1.54. The van der Waals surface area contributed by atoms with Crippen LogP contribution >= 0.6 is 0 Å². The molecule has 1 aliphatic rings. The maximum absolute atomic E-state index is 13.7. The van der Waals surface area contributed by atoms with Gasteiger partial charge in [0.1, 0.15) is 11.6 Å². The Hall–Kier alpha value is -0.810. The van der Waals surface area contributed by atoms with Crippen molar-refractivity contribution in [2.24, 2.45) is 17.6 Å². The second-order valence-corrected chi connectivity index (χ2v) is 6.96. The first-order chi connectivity index (χ1) is 9.02. The molecule has 1 aromatic rings. The molecule has 19 heavy (non-hydrogen) atoms. The summed E-state index contributed by atoms with van der Waals surface area (Å²) in [6.45, 7) is 2.54. The standard InChI is InChI=1S/C14H19F2NOS/c1-9-2-3-10(8-17)13(6-9)19(18)14-7-11(15)4-5-12(14)16/h4-5,7,9-10,13H,2-3,6,8,17H2,1H3. The number of nitrogens with two attached hydrogens (primary N) is 1. The van der Waals surface area contributed by atoms with Crippen LogP contribution in [-0.4, -0.2) is 16.0 Å². The Balaban J connectivity index is 2.28. The predicted molar refractivity (Wildman–Crippen MR) is 72.1 cm³/mol. The van der Waals surface area contributed by atoms with Gasteiger partial charge in [-0.2, -0.15) is 0 Å². The fraction of sp³-hybridized carbons (Fsp3) is 0.571. The van der Waals surface area contributed by atoms with Gasteiger partial charge in [-0.3, -0.25) is 4.21 Å². The van der Waals surface area contributed by atoms with Gasteiger partial charge < -0.3 is 5.73 Å². The fourth-order valence-electron chi connectivity index (χ4n) is 2.72. The minimum Gasteiger partial charge on any atom is -0.330 e. The van der Waals surface area contributed by atoms with E-state index in [9.17, 15) is 13.0 Å². The van der Waals surface area contributed by atoms with Gasteiger partial charge in [0.25, 0.3) is 0 Å². The minimum absolute atomic E-state index is 0.0300. The molecular formula is C14H19F2NOS. The van der Waals surface area contributed by atoms with Crippen LogP contribution in [0.3, 0.4) is 0 Å². The van der Waals surface area contributed by atoms with Crippen LogP contribution in [0, 0.1) is 23.5 Å². The third-order valence-corrected chi connectivity index (χ3v) is 5.75. The average Bonchev–Trinajstić information content (AvgIpc) is 2.40. The van der Waals surface area contributed by atoms with Crippen LogP contribution in [0.2, 0.25) is 0 Å². The van der Waals surface area contributed by atoms with Crippen LogP contribution in [0.25, 0.3) is 0 Å². The summed E-state index contributed by atoms with van der Waals surface area (Å²) in [7, 11) is -1.54. The van der Waals surface area contributed by atoms with Crippen molar-refractivity contribution in [1.82, 2.24) is 0 Å². The van der Waals surface area contributed by atoms with Crippen LogP contribution in [0.15, 0.2) is 23.1 Å². The number of hydrogen-bond donors (Lipinski definition) is 1. The second kappa shape index (κ2) is 6.09. The highest BCUT2D eigenvalue weighted by molar-refractivity contribution is 7.85. The Morgan fingerprint density at radius 3 is 2.79 bits per heavy atom. The molecule has 4 atom stereocenters. The van der Waals surface area contributed by atoms with Crippen molar-refractivity contribution in [2.45, 2.75) is 36.3 Å². The number of benzene rings is 1. The van der Waals surface area contributed by atoms with Gasteiger partial charge in [-0.15, -0.1) is 0 Å². The molecule has 0 bridgehead atoms. The highest BCUT2D eigenvalue weighted by Gasteiger charge is 2.33. The summed E-state index contributed by atoms with van der Waals surface area (Å²) in [6.07, 6.45) is 2.72. The monoisotopic (exact) mass is 287 g/mol. The predicted octanol–water partition coefficient (Wildman–Crippen LogP) is 2.84. The molecule has 106 valence electrons. The van der Waals surface area contributed by atoms with Crippen molar-refractivity contribution >= 4 is 10.8 Å². The maximum Gasteiger partial charge on any atom is 0.139 e. The summed E-state index contributed by atoms with van der Waals surface area (Å²) < 4.78 is 39.5. The van der Waals surface area contributed by atoms with E-state index in [-0.39, 0.29) is 16.1 Å². The summed E-state index contributed by atoms with van der Waals surface area (Å²) in [5, 5.41) is -0.176. The zero-order valence-electron chi connectivity index (χ0n) is 10.9. The lowest BCUT2D eigenvalue weighted by molar-refractivity contribution is 0.301. The number of rotatable bonds is 3. The highest BCUT2D eigenvalue weighted by Crippen LogP contribution is 2.34. The van der Waals surface area contributed by atoms with Crippen LogP contribution in [0.5, 0.6) is 0 Å². The lowest BCUT2D eigenvalue weighted by atomic mass is 9.82. The van der Waals surface area contributed by atoms with Crippen molar-refractivity contribution in [3.8, 4) is 0 Å². The van der Waals surface area contributed by atoms with E-state index in [1.165, 1.54) is 0 Å². The van der Waals surface area contributed by atoms with Crippen LogP contribution < -0.4 is 5.73 Å². The van der Waals surface area contributed by atoms with Crippen molar-refractivity contribution in [2.75, 3.05) is 6.54 Å². The fourth-order valence-corrected chi connectivity index (χ4v) is 4.63. The van der Waals surface area contributed by atoms with E-state index in [2.05, 4.69) is 6.92 Å². The van der Waals surface area contributed by atoms with Gasteiger partial charge in [0, 0.05) is 5.25 Å². The first-order valence-corrected chi connectivity index (χ1v) is 7.80. The third kappa shape index (κ3) is 3.20. The van der Waals surface area contributed by atoms with Gasteiger partial charge in [0.05, 0.1) is 15.7 Å². The normalized spacial score (nSPS) is 29.2.